The van der Waals surface area contributed by atoms with E-state index in [1.165, 1.54) is 0 Å². The molecule has 2 spiro atoms. The number of halogens is 1. The molecule has 3 amide bonds. The molecule has 1 unspecified atom stereocenters. The zero-order valence-corrected chi connectivity index (χ0v) is 17.9. The third-order valence-electron chi connectivity index (χ3n) is 7.40. The second-order valence-electron chi connectivity index (χ2n) is 8.67. The van der Waals surface area contributed by atoms with E-state index in [-0.39, 0.29) is 23.1 Å². The molecule has 3 aliphatic heterocycles. The van der Waals surface area contributed by atoms with E-state index in [4.69, 9.17) is 11.6 Å². The summed E-state index contributed by atoms with van der Waals surface area (Å²) in [6.45, 7) is 7.41. The fourth-order valence-corrected chi connectivity index (χ4v) is 5.74. The molecule has 1 aromatic carbocycles. The molecule has 0 N–H and O–H groups in total. The lowest BCUT2D eigenvalue weighted by Crippen LogP contribution is -2.53. The highest BCUT2D eigenvalue weighted by Crippen LogP contribution is 2.57. The van der Waals surface area contributed by atoms with Crippen LogP contribution < -0.4 is 0 Å². The van der Waals surface area contributed by atoms with Crippen LogP contribution in [0.5, 0.6) is 0 Å². The summed E-state index contributed by atoms with van der Waals surface area (Å²) in [7, 11) is 0. The summed E-state index contributed by atoms with van der Waals surface area (Å²) in [5.41, 5.74) is -0.105. The molecule has 1 atom stereocenters. The van der Waals surface area contributed by atoms with Gasteiger partial charge in [0.2, 0.25) is 11.8 Å². The maximum atomic E-state index is 13.4. The van der Waals surface area contributed by atoms with Gasteiger partial charge in [-0.05, 0) is 50.5 Å². The van der Waals surface area contributed by atoms with Crippen LogP contribution in [0.25, 0.3) is 0 Å². The summed E-state index contributed by atoms with van der Waals surface area (Å²) in [5.74, 6) is 0.227. The zero-order chi connectivity index (χ0) is 20.8. The molecule has 3 fully saturated rings. The van der Waals surface area contributed by atoms with Gasteiger partial charge in [0.25, 0.3) is 5.91 Å². The number of fused-ring (bicyclic) bond motifs is 1. The molecule has 4 rings (SSSR count). The molecule has 6 nitrogen and oxygen atoms in total. The van der Waals surface area contributed by atoms with Crippen LogP contribution in [-0.2, 0) is 9.59 Å². The van der Waals surface area contributed by atoms with Crippen LogP contribution in [-0.4, -0.2) is 71.7 Å². The smallest absolute Gasteiger partial charge is 0.253 e. The molecular formula is C22H28ClN3O3. The van der Waals surface area contributed by atoms with E-state index in [0.717, 1.165) is 25.8 Å². The fourth-order valence-electron chi connectivity index (χ4n) is 5.62. The van der Waals surface area contributed by atoms with Gasteiger partial charge in [-0.3, -0.25) is 14.4 Å². The van der Waals surface area contributed by atoms with Crippen LogP contribution in [0.15, 0.2) is 24.3 Å². The van der Waals surface area contributed by atoms with E-state index >= 15 is 0 Å². The highest BCUT2D eigenvalue weighted by molar-refractivity contribution is 6.30. The topological polar surface area (TPSA) is 60.9 Å². The van der Waals surface area contributed by atoms with Gasteiger partial charge in [0, 0.05) is 62.2 Å². The van der Waals surface area contributed by atoms with Gasteiger partial charge in [0.1, 0.15) is 0 Å². The first-order valence-corrected chi connectivity index (χ1v) is 10.8. The largest absolute Gasteiger partial charge is 0.342 e. The number of nitrogens with zero attached hydrogens (tertiary/aromatic N) is 3. The van der Waals surface area contributed by atoms with Gasteiger partial charge >= 0.3 is 0 Å². The Balaban J connectivity index is 1.56. The molecule has 0 bridgehead atoms. The Bertz CT molecular complexity index is 832. The quantitative estimate of drug-likeness (QED) is 0.743. The average Bonchev–Trinajstić information content (AvgIpc) is 3.21. The first-order valence-electron chi connectivity index (χ1n) is 10.4. The van der Waals surface area contributed by atoms with Crippen molar-refractivity contribution >= 4 is 29.3 Å². The number of benzene rings is 1. The summed E-state index contributed by atoms with van der Waals surface area (Å²) in [5, 5.41) is 0.608. The van der Waals surface area contributed by atoms with Crippen LogP contribution in [0.3, 0.4) is 0 Å². The van der Waals surface area contributed by atoms with E-state index in [1.54, 1.807) is 31.2 Å². The van der Waals surface area contributed by atoms with Gasteiger partial charge < -0.3 is 14.7 Å². The standard InChI is InChI=1S/C22H28ClN3O3/c1-3-24-13-10-22(20(24)29)15-26(16(2)27)14-21(22)8-11-25(12-9-21)19(28)17-4-6-18(23)7-5-17/h4-7H,3,8-15H2,1-2H3. The molecule has 29 heavy (non-hydrogen) atoms. The predicted octanol–water partition coefficient (Wildman–Crippen LogP) is 2.66. The molecule has 3 aliphatic rings. The normalized spacial score (nSPS) is 26.0. The van der Waals surface area contributed by atoms with Crippen molar-refractivity contribution in [3.63, 3.8) is 0 Å². The monoisotopic (exact) mass is 417 g/mol. The van der Waals surface area contributed by atoms with E-state index < -0.39 is 5.41 Å². The van der Waals surface area contributed by atoms with Crippen molar-refractivity contribution in [1.82, 2.24) is 14.7 Å². The fraction of sp³-hybridized carbons (Fsp3) is 0.591. The Morgan fingerprint density at radius 1 is 1.00 bits per heavy atom. The van der Waals surface area contributed by atoms with Gasteiger partial charge in [0.15, 0.2) is 0 Å². The molecule has 7 heteroatoms. The van der Waals surface area contributed by atoms with E-state index in [2.05, 4.69) is 0 Å². The van der Waals surface area contributed by atoms with E-state index in [9.17, 15) is 14.4 Å². The number of rotatable bonds is 2. The maximum absolute atomic E-state index is 13.4. The van der Waals surface area contributed by atoms with Crippen molar-refractivity contribution in [2.24, 2.45) is 10.8 Å². The lowest BCUT2D eigenvalue weighted by Gasteiger charge is -2.46. The average molecular weight is 418 g/mol. The predicted molar refractivity (Wildman–Crippen MR) is 111 cm³/mol. The summed E-state index contributed by atoms with van der Waals surface area (Å²) >= 11 is 5.94. The maximum Gasteiger partial charge on any atom is 0.253 e. The summed E-state index contributed by atoms with van der Waals surface area (Å²) < 4.78 is 0. The number of piperidine rings is 1. The summed E-state index contributed by atoms with van der Waals surface area (Å²) in [4.78, 5) is 44.1. The number of amides is 3. The second kappa shape index (κ2) is 7.31. The number of hydrogen-bond acceptors (Lipinski definition) is 3. The first-order chi connectivity index (χ1) is 13.8. The van der Waals surface area contributed by atoms with Gasteiger partial charge in [0.05, 0.1) is 5.41 Å². The summed E-state index contributed by atoms with van der Waals surface area (Å²) in [6.07, 6.45) is 2.30. The van der Waals surface area contributed by atoms with Gasteiger partial charge in [-0.2, -0.15) is 0 Å². The van der Waals surface area contributed by atoms with Crippen molar-refractivity contribution in [2.75, 3.05) is 39.3 Å². The lowest BCUT2D eigenvalue weighted by molar-refractivity contribution is -0.141. The lowest BCUT2D eigenvalue weighted by atomic mass is 9.60. The highest BCUT2D eigenvalue weighted by Gasteiger charge is 2.65. The zero-order valence-electron chi connectivity index (χ0n) is 17.1. The minimum atomic E-state index is -0.496. The molecule has 3 saturated heterocycles. The Hall–Kier alpha value is -2.08. The SMILES string of the molecule is CCN1CCC2(CN(C(C)=O)CC23CCN(C(=O)c2ccc(Cl)cc2)CC3)C1=O. The van der Waals surface area contributed by atoms with E-state index in [1.807, 2.05) is 21.6 Å². The van der Waals surface area contributed by atoms with Crippen molar-refractivity contribution in [3.8, 4) is 0 Å². The number of hydrogen-bond donors (Lipinski definition) is 0. The van der Waals surface area contributed by atoms with Crippen LogP contribution in [0.4, 0.5) is 0 Å². The molecule has 0 saturated carbocycles. The Kier molecular flexibility index (Phi) is 5.09. The van der Waals surface area contributed by atoms with Gasteiger partial charge in [-0.15, -0.1) is 0 Å². The molecule has 0 radical (unpaired) electrons. The van der Waals surface area contributed by atoms with Gasteiger partial charge in [-0.25, -0.2) is 0 Å². The first kappa shape index (κ1) is 20.2. The Morgan fingerprint density at radius 2 is 1.66 bits per heavy atom. The molecule has 0 aromatic heterocycles. The third-order valence-corrected chi connectivity index (χ3v) is 7.65. The van der Waals surface area contributed by atoms with Crippen LogP contribution >= 0.6 is 11.6 Å². The molecule has 1 aromatic rings. The van der Waals surface area contributed by atoms with E-state index in [0.29, 0.717) is 43.3 Å². The molecule has 0 aliphatic carbocycles. The van der Waals surface area contributed by atoms with Crippen LogP contribution in [0.1, 0.15) is 43.5 Å². The Morgan fingerprint density at radius 3 is 2.21 bits per heavy atom. The highest BCUT2D eigenvalue weighted by atomic mass is 35.5. The second-order valence-corrected chi connectivity index (χ2v) is 9.11. The third kappa shape index (κ3) is 3.12. The minimum absolute atomic E-state index is 0.0000733. The van der Waals surface area contributed by atoms with Gasteiger partial charge in [-0.1, -0.05) is 11.6 Å². The van der Waals surface area contributed by atoms with Crippen molar-refractivity contribution in [3.05, 3.63) is 34.9 Å². The molecule has 156 valence electrons. The molecule has 3 heterocycles. The summed E-state index contributed by atoms with van der Waals surface area (Å²) in [6, 6.07) is 6.97. The molecular weight excluding hydrogens is 390 g/mol. The number of carbonyl (C=O) groups excluding carboxylic acids is 3. The number of carbonyl (C=O) groups is 3. The minimum Gasteiger partial charge on any atom is -0.342 e. The van der Waals surface area contributed by atoms with Crippen molar-refractivity contribution in [2.45, 2.75) is 33.1 Å². The van der Waals surface area contributed by atoms with Crippen molar-refractivity contribution in [1.29, 1.82) is 0 Å². The Labute approximate surface area is 176 Å². The van der Waals surface area contributed by atoms with Crippen LogP contribution in [0.2, 0.25) is 5.02 Å². The van der Waals surface area contributed by atoms with Crippen LogP contribution in [0, 0.1) is 10.8 Å². The van der Waals surface area contributed by atoms with Crippen molar-refractivity contribution < 1.29 is 14.4 Å². The number of likely N-dealkylation sites (tertiary alicyclic amines) is 3.